The molecule has 0 saturated carbocycles. The monoisotopic (exact) mass is 676 g/mol. The Bertz CT molecular complexity index is 2510. The van der Waals surface area contributed by atoms with Crippen LogP contribution in [-0.4, -0.2) is 14.1 Å². The second-order valence-electron chi connectivity index (χ2n) is 14.9. The fourth-order valence-electron chi connectivity index (χ4n) is 6.93. The molecule has 0 aliphatic carbocycles. The van der Waals surface area contributed by atoms with Crippen LogP contribution in [0.3, 0.4) is 0 Å². The van der Waals surface area contributed by atoms with Crippen molar-refractivity contribution >= 4 is 32.8 Å². The van der Waals surface area contributed by atoms with Crippen molar-refractivity contribution in [2.75, 3.05) is 0 Å². The van der Waals surface area contributed by atoms with Crippen molar-refractivity contribution < 1.29 is 21.7 Å². The molecule has 0 aliphatic heterocycles. The van der Waals surface area contributed by atoms with Crippen molar-refractivity contribution in [1.29, 1.82) is 0 Å². The maximum absolute atomic E-state index is 6.63. The summed E-state index contributed by atoms with van der Waals surface area (Å²) in [4.78, 5) is 4.84. The Morgan fingerprint density at radius 3 is 2.10 bits per heavy atom. The molecule has 3 aromatic heterocycles. The molecule has 0 unspecified atom stereocenters. The van der Waals surface area contributed by atoms with Gasteiger partial charge in [0.15, 0.2) is 11.0 Å². The number of ether oxygens (including phenoxy) is 1. The molecule has 0 amide bonds. The average Bonchev–Trinajstić information content (AvgIpc) is 3.64. The lowest BCUT2D eigenvalue weighted by molar-refractivity contribution is -0.567. The molecule has 3 heterocycles. The molecule has 0 fully saturated rings. The van der Waals surface area contributed by atoms with Crippen molar-refractivity contribution in [2.45, 2.75) is 52.4 Å². The van der Waals surface area contributed by atoms with Crippen LogP contribution in [0.2, 0.25) is 0 Å². The number of nitrogens with zero attached hydrogens (tertiary/aromatic N) is 4. The number of imidazole rings is 1. The van der Waals surface area contributed by atoms with Crippen molar-refractivity contribution in [3.63, 3.8) is 0 Å². The summed E-state index contributed by atoms with van der Waals surface area (Å²) in [6, 6.07) is 44.8. The van der Waals surface area contributed by atoms with E-state index in [2.05, 4.69) is 183 Å². The van der Waals surface area contributed by atoms with E-state index in [1.165, 1.54) is 27.6 Å². The number of rotatable bonds is 5. The van der Waals surface area contributed by atoms with Gasteiger partial charge in [0, 0.05) is 34.7 Å². The Labute approximate surface area is 299 Å². The fourth-order valence-corrected chi connectivity index (χ4v) is 6.93. The van der Waals surface area contributed by atoms with Gasteiger partial charge in [-0.05, 0) is 77.1 Å². The van der Waals surface area contributed by atoms with Gasteiger partial charge in [-0.25, -0.2) is 4.98 Å². The van der Waals surface area contributed by atoms with Crippen LogP contribution in [0, 0.1) is 0 Å². The lowest BCUT2D eigenvalue weighted by Gasteiger charge is -2.20. The molecule has 250 valence electrons. The highest BCUT2D eigenvalue weighted by atomic mass is 35.5. The molecule has 6 heteroatoms. The van der Waals surface area contributed by atoms with E-state index in [0.29, 0.717) is 0 Å². The average molecular weight is 677 g/mol. The van der Waals surface area contributed by atoms with E-state index in [1.807, 2.05) is 12.3 Å². The zero-order chi connectivity index (χ0) is 33.9. The number of para-hydroxylation sites is 4. The molecule has 0 radical (unpaired) electrons. The van der Waals surface area contributed by atoms with Crippen LogP contribution in [0.25, 0.3) is 50.0 Å². The molecule has 5 aromatic carbocycles. The van der Waals surface area contributed by atoms with Gasteiger partial charge in [-0.15, -0.1) is 0 Å². The normalized spacial score (nSPS) is 12.0. The SMILES string of the molecule is CC(C)(C)c1ccnc(-n2c3ccccc3c3ccc(Oc4cccc(-[n+]5cn(-c6ccccc6C(C)(C)C)c6ccccc65)c4)cc32)c1.[Cl-]. The quantitative estimate of drug-likeness (QED) is 0.175. The number of fused-ring (bicyclic) bond motifs is 4. The number of benzene rings is 5. The van der Waals surface area contributed by atoms with E-state index in [0.717, 1.165) is 45.1 Å². The molecule has 0 saturated heterocycles. The minimum absolute atomic E-state index is 0. The van der Waals surface area contributed by atoms with Gasteiger partial charge in [0.1, 0.15) is 28.7 Å². The Morgan fingerprint density at radius 1 is 0.600 bits per heavy atom. The topological polar surface area (TPSA) is 35.9 Å². The van der Waals surface area contributed by atoms with E-state index >= 15 is 0 Å². The van der Waals surface area contributed by atoms with Crippen molar-refractivity contribution in [2.24, 2.45) is 0 Å². The van der Waals surface area contributed by atoms with E-state index in [9.17, 15) is 0 Å². The molecule has 8 rings (SSSR count). The zero-order valence-corrected chi connectivity index (χ0v) is 30.1. The summed E-state index contributed by atoms with van der Waals surface area (Å²) in [7, 11) is 0. The van der Waals surface area contributed by atoms with Crippen LogP contribution >= 0.6 is 0 Å². The Balaban J connectivity index is 0.00000392. The van der Waals surface area contributed by atoms with Crippen LogP contribution in [-0.2, 0) is 10.8 Å². The van der Waals surface area contributed by atoms with Crippen LogP contribution in [0.5, 0.6) is 11.5 Å². The van der Waals surface area contributed by atoms with Crippen LogP contribution < -0.4 is 21.7 Å². The lowest BCUT2D eigenvalue weighted by atomic mass is 9.86. The van der Waals surface area contributed by atoms with Crippen LogP contribution in [0.15, 0.2) is 140 Å². The van der Waals surface area contributed by atoms with Crippen molar-refractivity contribution in [1.82, 2.24) is 14.1 Å². The van der Waals surface area contributed by atoms with Crippen LogP contribution in [0.1, 0.15) is 52.7 Å². The van der Waals surface area contributed by atoms with Gasteiger partial charge in [-0.1, -0.05) is 96.1 Å². The summed E-state index contributed by atoms with van der Waals surface area (Å²) < 4.78 is 13.4. The van der Waals surface area contributed by atoms with Gasteiger partial charge >= 0.3 is 0 Å². The maximum Gasteiger partial charge on any atom is 0.255 e. The second-order valence-corrected chi connectivity index (χ2v) is 14.9. The number of hydrogen-bond acceptors (Lipinski definition) is 2. The molecule has 50 heavy (non-hydrogen) atoms. The molecule has 0 bridgehead atoms. The zero-order valence-electron chi connectivity index (χ0n) is 29.4. The van der Waals surface area contributed by atoms with Gasteiger partial charge in [-0.3, -0.25) is 4.57 Å². The highest BCUT2D eigenvalue weighted by molar-refractivity contribution is 6.09. The van der Waals surface area contributed by atoms with E-state index in [-0.39, 0.29) is 23.2 Å². The van der Waals surface area contributed by atoms with Gasteiger partial charge in [0.05, 0.1) is 11.0 Å². The standard InChI is InChI=1S/C44H41N4O.ClH/c1-43(2,3)30-24-25-45-42(26-30)48-37-18-9-7-16-34(37)35-23-22-33(28-41(35)48)49-32-15-13-14-31(27-32)46-29-47(40-21-12-11-20-39(40)46)38-19-10-8-17-36(38)44(4,5)6;/h7-29H,1-6H3;1H/q+1;/p-1. The maximum atomic E-state index is 6.63. The summed E-state index contributed by atoms with van der Waals surface area (Å²) >= 11 is 0. The first-order chi connectivity index (χ1) is 23.6. The lowest BCUT2D eigenvalue weighted by Crippen LogP contribution is -3.00. The highest BCUT2D eigenvalue weighted by Gasteiger charge is 2.25. The van der Waals surface area contributed by atoms with Gasteiger partial charge < -0.3 is 17.1 Å². The summed E-state index contributed by atoms with van der Waals surface area (Å²) in [5.41, 5.74) is 9.21. The summed E-state index contributed by atoms with van der Waals surface area (Å²) in [6.45, 7) is 13.5. The second kappa shape index (κ2) is 12.5. The van der Waals surface area contributed by atoms with Gasteiger partial charge in [-0.2, -0.15) is 9.13 Å². The predicted octanol–water partition coefficient (Wildman–Crippen LogP) is 7.79. The predicted molar refractivity (Wildman–Crippen MR) is 201 cm³/mol. The summed E-state index contributed by atoms with van der Waals surface area (Å²) in [6.07, 6.45) is 4.11. The van der Waals surface area contributed by atoms with Crippen molar-refractivity contribution in [3.8, 4) is 28.7 Å². The third-order valence-electron chi connectivity index (χ3n) is 9.42. The van der Waals surface area contributed by atoms with Crippen LogP contribution in [0.4, 0.5) is 0 Å². The number of pyridine rings is 1. The van der Waals surface area contributed by atoms with Gasteiger partial charge in [0.25, 0.3) is 6.33 Å². The molecular formula is C44H41ClN4O. The molecule has 8 aromatic rings. The van der Waals surface area contributed by atoms with E-state index < -0.39 is 0 Å². The van der Waals surface area contributed by atoms with Crippen molar-refractivity contribution in [3.05, 3.63) is 151 Å². The summed E-state index contributed by atoms with van der Waals surface area (Å²) in [5.74, 6) is 2.44. The molecule has 5 nitrogen and oxygen atoms in total. The molecular weight excluding hydrogens is 636 g/mol. The highest BCUT2D eigenvalue weighted by Crippen LogP contribution is 2.36. The molecule has 0 atom stereocenters. The number of halogens is 1. The van der Waals surface area contributed by atoms with E-state index in [1.54, 1.807) is 0 Å². The first-order valence-corrected chi connectivity index (χ1v) is 17.0. The third kappa shape index (κ3) is 5.82. The Morgan fingerprint density at radius 2 is 1.30 bits per heavy atom. The van der Waals surface area contributed by atoms with Gasteiger partial charge in [0.2, 0.25) is 0 Å². The van der Waals surface area contributed by atoms with E-state index in [4.69, 9.17) is 9.72 Å². The first-order valence-electron chi connectivity index (χ1n) is 17.0. The third-order valence-corrected chi connectivity index (χ3v) is 9.42. The Kier molecular flexibility index (Phi) is 8.28. The molecule has 0 aliphatic rings. The minimum atomic E-state index is -0.00118. The molecule has 0 N–H and O–H groups in total. The largest absolute Gasteiger partial charge is 1.00 e. The smallest absolute Gasteiger partial charge is 0.255 e. The number of aromatic nitrogens is 4. The summed E-state index contributed by atoms with van der Waals surface area (Å²) in [5, 5.41) is 2.35. The fraction of sp³-hybridized carbons (Fsp3) is 0.182. The number of hydrogen-bond donors (Lipinski definition) is 0. The molecule has 0 spiro atoms. The first kappa shape index (κ1) is 33.1. The Hall–Kier alpha value is -5.39. The minimum Gasteiger partial charge on any atom is -1.00 e.